The van der Waals surface area contributed by atoms with Crippen molar-refractivity contribution in [1.82, 2.24) is 15.2 Å². The molecule has 1 fully saturated rings. The first-order valence-electron chi connectivity index (χ1n) is 12.3. The Hall–Kier alpha value is -2.73. The molecule has 4 rings (SSSR count). The van der Waals surface area contributed by atoms with Crippen molar-refractivity contribution in [3.05, 3.63) is 59.3 Å². The van der Waals surface area contributed by atoms with E-state index in [1.807, 2.05) is 30.3 Å². The standard InChI is InChI=1S/C27H36N4O2/c1-20(32)24(21-8-4-3-5-9-21)31-18-14-27(2,15-19-31)26(33)29-17-7-11-23-13-12-22-10-6-16-28-25(22)30-23/h3-5,8-9,12-13,24H,6-7,10-11,14-19H2,1-2H3,(H,28,30)(H,29,33). The van der Waals surface area contributed by atoms with Gasteiger partial charge in [-0.3, -0.25) is 14.5 Å². The van der Waals surface area contributed by atoms with E-state index in [4.69, 9.17) is 4.98 Å². The summed E-state index contributed by atoms with van der Waals surface area (Å²) >= 11 is 0. The van der Waals surface area contributed by atoms with E-state index in [1.54, 1.807) is 6.92 Å². The molecule has 0 radical (unpaired) electrons. The Morgan fingerprint density at radius 3 is 2.64 bits per heavy atom. The third kappa shape index (κ3) is 5.61. The molecule has 1 saturated heterocycles. The van der Waals surface area contributed by atoms with Crippen LogP contribution in [-0.2, 0) is 22.4 Å². The van der Waals surface area contributed by atoms with Crippen LogP contribution in [0.3, 0.4) is 0 Å². The number of carbonyl (C=O) groups excluding carboxylic acids is 2. The van der Waals surface area contributed by atoms with Gasteiger partial charge in [-0.1, -0.05) is 43.3 Å². The number of pyridine rings is 1. The van der Waals surface area contributed by atoms with Crippen LogP contribution < -0.4 is 10.6 Å². The molecule has 33 heavy (non-hydrogen) atoms. The molecule has 0 saturated carbocycles. The van der Waals surface area contributed by atoms with Crippen molar-refractivity contribution in [3.63, 3.8) is 0 Å². The fraction of sp³-hybridized carbons (Fsp3) is 0.519. The molecule has 2 aliphatic heterocycles. The summed E-state index contributed by atoms with van der Waals surface area (Å²) in [7, 11) is 0. The van der Waals surface area contributed by atoms with Crippen LogP contribution in [0.15, 0.2) is 42.5 Å². The van der Waals surface area contributed by atoms with Gasteiger partial charge in [0.05, 0.1) is 6.04 Å². The van der Waals surface area contributed by atoms with Crippen molar-refractivity contribution in [1.29, 1.82) is 0 Å². The van der Waals surface area contributed by atoms with E-state index in [2.05, 4.69) is 34.6 Å². The second-order valence-electron chi connectivity index (χ2n) is 9.72. The first-order valence-corrected chi connectivity index (χ1v) is 12.3. The minimum Gasteiger partial charge on any atom is -0.370 e. The van der Waals surface area contributed by atoms with Crippen LogP contribution in [0, 0.1) is 5.41 Å². The second kappa shape index (κ2) is 10.5. The number of ketones is 1. The quantitative estimate of drug-likeness (QED) is 0.599. The molecule has 6 heteroatoms. The average molecular weight is 449 g/mol. The third-order valence-corrected chi connectivity index (χ3v) is 7.16. The molecule has 0 aliphatic carbocycles. The number of benzene rings is 1. The molecule has 176 valence electrons. The van der Waals surface area contributed by atoms with E-state index < -0.39 is 0 Å². The minimum absolute atomic E-state index is 0.126. The number of piperidine rings is 1. The lowest BCUT2D eigenvalue weighted by molar-refractivity contribution is -0.134. The maximum absolute atomic E-state index is 13.0. The molecule has 0 bridgehead atoms. The number of nitrogens with one attached hydrogen (secondary N) is 2. The predicted molar refractivity (Wildman–Crippen MR) is 131 cm³/mol. The fourth-order valence-electron chi connectivity index (χ4n) is 5.03. The zero-order valence-electron chi connectivity index (χ0n) is 19.9. The smallest absolute Gasteiger partial charge is 0.226 e. The number of Topliss-reactive ketones (excluding diaryl/α,β-unsaturated/α-hetero) is 1. The number of aromatic nitrogens is 1. The van der Waals surface area contributed by atoms with Gasteiger partial charge in [-0.15, -0.1) is 0 Å². The minimum atomic E-state index is -0.386. The lowest BCUT2D eigenvalue weighted by atomic mass is 9.78. The number of rotatable bonds is 8. The molecule has 2 N–H and O–H groups in total. The summed E-state index contributed by atoms with van der Waals surface area (Å²) in [6.45, 7) is 6.86. The molecule has 3 heterocycles. The van der Waals surface area contributed by atoms with E-state index in [9.17, 15) is 9.59 Å². The number of fused-ring (bicyclic) bond motifs is 1. The van der Waals surface area contributed by atoms with Crippen LogP contribution in [0.5, 0.6) is 0 Å². The van der Waals surface area contributed by atoms with Crippen molar-refractivity contribution in [3.8, 4) is 0 Å². The molecule has 2 aliphatic rings. The molecule has 0 spiro atoms. The highest BCUT2D eigenvalue weighted by Gasteiger charge is 2.39. The highest BCUT2D eigenvalue weighted by Crippen LogP contribution is 2.35. The van der Waals surface area contributed by atoms with Crippen LogP contribution in [0.1, 0.15) is 62.4 Å². The topological polar surface area (TPSA) is 74.3 Å². The van der Waals surface area contributed by atoms with Gasteiger partial charge in [-0.2, -0.15) is 0 Å². The van der Waals surface area contributed by atoms with E-state index in [0.29, 0.717) is 6.54 Å². The monoisotopic (exact) mass is 448 g/mol. The Morgan fingerprint density at radius 1 is 1.15 bits per heavy atom. The fourth-order valence-corrected chi connectivity index (χ4v) is 5.03. The number of nitrogens with zero attached hydrogens (tertiary/aromatic N) is 2. The lowest BCUT2D eigenvalue weighted by Crippen LogP contribution is -2.49. The molecule has 1 aromatic carbocycles. The molecule has 1 aromatic heterocycles. The molecular formula is C27H36N4O2. The van der Waals surface area contributed by atoms with Crippen molar-refractivity contribution in [2.24, 2.45) is 5.41 Å². The zero-order valence-corrected chi connectivity index (χ0v) is 19.9. The number of anilines is 1. The largest absolute Gasteiger partial charge is 0.370 e. The van der Waals surface area contributed by atoms with Crippen molar-refractivity contribution < 1.29 is 9.59 Å². The van der Waals surface area contributed by atoms with Crippen LogP contribution >= 0.6 is 0 Å². The first kappa shape index (κ1) is 23.4. The van der Waals surface area contributed by atoms with Crippen LogP contribution in [-0.4, -0.2) is 47.8 Å². The number of likely N-dealkylation sites (tertiary alicyclic amines) is 1. The van der Waals surface area contributed by atoms with E-state index in [0.717, 1.165) is 75.2 Å². The normalized spacial score (nSPS) is 18.6. The Bertz CT molecular complexity index is 967. The SMILES string of the molecule is CC(=O)C(c1ccccc1)N1CCC(C)(C(=O)NCCCc2ccc3c(n2)NCCC3)CC1. The number of amides is 1. The summed E-state index contributed by atoms with van der Waals surface area (Å²) in [6.07, 6.45) is 5.51. The number of hydrogen-bond acceptors (Lipinski definition) is 5. The summed E-state index contributed by atoms with van der Waals surface area (Å²) in [5.74, 6) is 1.31. The maximum Gasteiger partial charge on any atom is 0.226 e. The van der Waals surface area contributed by atoms with Gasteiger partial charge in [0.2, 0.25) is 5.91 Å². The third-order valence-electron chi connectivity index (χ3n) is 7.16. The van der Waals surface area contributed by atoms with Crippen LogP contribution in [0.25, 0.3) is 0 Å². The highest BCUT2D eigenvalue weighted by molar-refractivity contribution is 5.84. The van der Waals surface area contributed by atoms with Crippen molar-refractivity contribution in [2.75, 3.05) is 31.5 Å². The summed E-state index contributed by atoms with van der Waals surface area (Å²) in [5.41, 5.74) is 3.02. The van der Waals surface area contributed by atoms with Gasteiger partial charge in [0, 0.05) is 37.3 Å². The van der Waals surface area contributed by atoms with Crippen LogP contribution in [0.4, 0.5) is 5.82 Å². The van der Waals surface area contributed by atoms with Gasteiger partial charge in [0.1, 0.15) is 5.82 Å². The molecular weight excluding hydrogens is 412 g/mol. The Balaban J connectivity index is 1.25. The van der Waals surface area contributed by atoms with E-state index >= 15 is 0 Å². The first-order chi connectivity index (χ1) is 16.0. The van der Waals surface area contributed by atoms with Gasteiger partial charge in [0.15, 0.2) is 5.78 Å². The van der Waals surface area contributed by atoms with Gasteiger partial charge >= 0.3 is 0 Å². The molecule has 6 nitrogen and oxygen atoms in total. The predicted octanol–water partition coefficient (Wildman–Crippen LogP) is 3.92. The zero-order chi connectivity index (χ0) is 23.3. The van der Waals surface area contributed by atoms with E-state index in [1.165, 1.54) is 5.56 Å². The Kier molecular flexibility index (Phi) is 7.43. The summed E-state index contributed by atoms with van der Waals surface area (Å²) in [6, 6.07) is 14.0. The van der Waals surface area contributed by atoms with Crippen LogP contribution in [0.2, 0.25) is 0 Å². The Labute approximate surface area is 197 Å². The van der Waals surface area contributed by atoms with Gasteiger partial charge < -0.3 is 10.6 Å². The molecule has 2 aromatic rings. The summed E-state index contributed by atoms with van der Waals surface area (Å²) in [5, 5.41) is 6.54. The summed E-state index contributed by atoms with van der Waals surface area (Å²) < 4.78 is 0. The lowest BCUT2D eigenvalue weighted by Gasteiger charge is -2.41. The van der Waals surface area contributed by atoms with Crippen molar-refractivity contribution >= 4 is 17.5 Å². The van der Waals surface area contributed by atoms with Gasteiger partial charge in [-0.05, 0) is 62.6 Å². The second-order valence-corrected chi connectivity index (χ2v) is 9.72. The number of carbonyl (C=O) groups is 2. The van der Waals surface area contributed by atoms with Crippen molar-refractivity contribution in [2.45, 2.75) is 58.4 Å². The summed E-state index contributed by atoms with van der Waals surface area (Å²) in [4.78, 5) is 32.3. The molecule has 1 unspecified atom stereocenters. The highest BCUT2D eigenvalue weighted by atomic mass is 16.2. The number of aryl methyl sites for hydroxylation is 2. The van der Waals surface area contributed by atoms with Gasteiger partial charge in [0.25, 0.3) is 0 Å². The molecule has 1 atom stereocenters. The Morgan fingerprint density at radius 2 is 1.91 bits per heavy atom. The average Bonchev–Trinajstić information content (AvgIpc) is 2.83. The number of hydrogen-bond donors (Lipinski definition) is 2. The van der Waals surface area contributed by atoms with Gasteiger partial charge in [-0.25, -0.2) is 4.98 Å². The molecule has 1 amide bonds. The van der Waals surface area contributed by atoms with E-state index in [-0.39, 0.29) is 23.1 Å². The maximum atomic E-state index is 13.0.